The smallest absolute Gasteiger partial charge is 0.0184 e. The van der Waals surface area contributed by atoms with Crippen LogP contribution in [0.4, 0.5) is 0 Å². The molecule has 3 rings (SSSR count). The first-order valence-electron chi connectivity index (χ1n) is 10.4. The maximum absolute atomic E-state index is 2.12. The molecule has 0 atom stereocenters. The van der Waals surface area contributed by atoms with Crippen LogP contribution in [0.3, 0.4) is 0 Å². The van der Waals surface area contributed by atoms with E-state index in [1.165, 1.54) is 10.8 Å². The maximum Gasteiger partial charge on any atom is -0.0184 e. The first-order valence-corrected chi connectivity index (χ1v) is 10.4. The van der Waals surface area contributed by atoms with Crippen LogP contribution in [-0.4, -0.2) is 0 Å². The van der Waals surface area contributed by atoms with E-state index in [-0.39, 0.29) is 14.9 Å². The Labute approximate surface area is 180 Å². The van der Waals surface area contributed by atoms with E-state index in [0.717, 1.165) is 0 Å². The number of hydrogen-bond donors (Lipinski definition) is 0. The third-order valence-electron chi connectivity index (χ3n) is 2.33. The Morgan fingerprint density at radius 3 is 0.571 bits per heavy atom. The molecule has 0 aromatic heterocycles. The third-order valence-corrected chi connectivity index (χ3v) is 2.33. The van der Waals surface area contributed by atoms with Crippen molar-refractivity contribution in [1.29, 1.82) is 0 Å². The summed E-state index contributed by atoms with van der Waals surface area (Å²) in [7, 11) is 0. The van der Waals surface area contributed by atoms with Gasteiger partial charge in [-0.3, -0.25) is 0 Å². The summed E-state index contributed by atoms with van der Waals surface area (Å²) in [6.07, 6.45) is 0. The summed E-state index contributed by atoms with van der Waals surface area (Å²) in [5.41, 5.74) is 0. The van der Waals surface area contributed by atoms with Crippen molar-refractivity contribution in [1.82, 2.24) is 0 Å². The minimum absolute atomic E-state index is 0. The SMILES string of the molecule is C.C.CC.CC.CC.CC.CC.c1ccc2ccccc2c1.c1ccccc1. The van der Waals surface area contributed by atoms with Gasteiger partial charge in [-0.25, -0.2) is 0 Å². The van der Waals surface area contributed by atoms with Gasteiger partial charge in [0, 0.05) is 0 Å². The highest BCUT2D eigenvalue weighted by molar-refractivity contribution is 5.81. The van der Waals surface area contributed by atoms with Crippen LogP contribution in [0, 0.1) is 0 Å². The third kappa shape index (κ3) is 26.2. The molecule has 0 fully saturated rings. The summed E-state index contributed by atoms with van der Waals surface area (Å²) in [4.78, 5) is 0. The van der Waals surface area contributed by atoms with Gasteiger partial charge < -0.3 is 0 Å². The number of fused-ring (bicyclic) bond motifs is 1. The van der Waals surface area contributed by atoms with Crippen molar-refractivity contribution >= 4 is 10.8 Å². The van der Waals surface area contributed by atoms with Gasteiger partial charge in [-0.05, 0) is 10.8 Å². The number of hydrogen-bond acceptors (Lipinski definition) is 0. The molecule has 0 radical (unpaired) electrons. The van der Waals surface area contributed by atoms with Crippen LogP contribution >= 0.6 is 0 Å². The molecular weight excluding hydrogens is 336 g/mol. The standard InChI is InChI=1S/C10H8.C6H6.5C2H6.2CH4/c1-2-6-10-8-4-3-7-9(10)5-1;1-2-4-6-5-3-1;5*1-2;;/h1-8H;1-6H;5*1-2H3;2*1H4. The average Bonchev–Trinajstić information content (AvgIpc) is 2.82. The van der Waals surface area contributed by atoms with Crippen LogP contribution < -0.4 is 0 Å². The largest absolute Gasteiger partial charge is 0.0776 e. The second kappa shape index (κ2) is 44.4. The van der Waals surface area contributed by atoms with Crippen LogP contribution in [-0.2, 0) is 0 Å². The fourth-order valence-corrected chi connectivity index (χ4v) is 1.52. The molecule has 0 nitrogen and oxygen atoms in total. The van der Waals surface area contributed by atoms with Crippen LogP contribution in [0.15, 0.2) is 84.9 Å². The lowest BCUT2D eigenvalue weighted by molar-refractivity contribution is 1.50. The fourth-order valence-electron chi connectivity index (χ4n) is 1.52. The van der Waals surface area contributed by atoms with E-state index in [9.17, 15) is 0 Å². The predicted molar refractivity (Wildman–Crippen MR) is 141 cm³/mol. The van der Waals surface area contributed by atoms with Gasteiger partial charge in [0.1, 0.15) is 0 Å². The van der Waals surface area contributed by atoms with E-state index in [1.807, 2.05) is 106 Å². The molecule has 0 amide bonds. The topological polar surface area (TPSA) is 0 Å². The van der Waals surface area contributed by atoms with Crippen molar-refractivity contribution in [2.45, 2.75) is 84.1 Å². The monoisotopic (exact) mass is 388 g/mol. The van der Waals surface area contributed by atoms with Crippen LogP contribution in [0.25, 0.3) is 10.8 Å². The van der Waals surface area contributed by atoms with E-state index in [4.69, 9.17) is 0 Å². The van der Waals surface area contributed by atoms with Gasteiger partial charge in [-0.2, -0.15) is 0 Å². The van der Waals surface area contributed by atoms with E-state index >= 15 is 0 Å². The van der Waals surface area contributed by atoms with Crippen molar-refractivity contribution in [2.24, 2.45) is 0 Å². The Hall–Kier alpha value is -2.08. The molecule has 0 aliphatic heterocycles. The fraction of sp³-hybridized carbons (Fsp3) is 0.429. The van der Waals surface area contributed by atoms with Crippen molar-refractivity contribution in [2.75, 3.05) is 0 Å². The molecule has 0 aliphatic carbocycles. The zero-order chi connectivity index (χ0) is 21.1. The number of benzene rings is 3. The van der Waals surface area contributed by atoms with E-state index in [2.05, 4.69) is 48.5 Å². The molecule has 0 saturated heterocycles. The summed E-state index contributed by atoms with van der Waals surface area (Å²) in [5, 5.41) is 2.62. The summed E-state index contributed by atoms with van der Waals surface area (Å²) in [6, 6.07) is 28.7. The number of rotatable bonds is 0. The molecule has 3 aromatic rings. The molecule has 164 valence electrons. The first kappa shape index (κ1) is 40.6. The molecule has 28 heavy (non-hydrogen) atoms. The zero-order valence-corrected chi connectivity index (χ0v) is 19.1. The van der Waals surface area contributed by atoms with Crippen molar-refractivity contribution < 1.29 is 0 Å². The molecule has 0 N–H and O–H groups in total. The van der Waals surface area contributed by atoms with Gasteiger partial charge in [-0.15, -0.1) is 0 Å². The molecule has 0 bridgehead atoms. The van der Waals surface area contributed by atoms with E-state index in [1.54, 1.807) is 0 Å². The van der Waals surface area contributed by atoms with Gasteiger partial charge in [0.25, 0.3) is 0 Å². The van der Waals surface area contributed by atoms with Crippen LogP contribution in [0.5, 0.6) is 0 Å². The molecule has 0 heteroatoms. The summed E-state index contributed by atoms with van der Waals surface area (Å²) < 4.78 is 0. The minimum atomic E-state index is 0. The molecular formula is C28H52. The highest BCUT2D eigenvalue weighted by Gasteiger charge is 1.85. The van der Waals surface area contributed by atoms with E-state index < -0.39 is 0 Å². The van der Waals surface area contributed by atoms with Crippen molar-refractivity contribution in [3.63, 3.8) is 0 Å². The van der Waals surface area contributed by atoms with Gasteiger partial charge in [-0.1, -0.05) is 169 Å². The molecule has 3 aromatic carbocycles. The maximum atomic E-state index is 2.12. The molecule has 0 saturated carbocycles. The van der Waals surface area contributed by atoms with E-state index in [0.29, 0.717) is 0 Å². The van der Waals surface area contributed by atoms with Gasteiger partial charge >= 0.3 is 0 Å². The van der Waals surface area contributed by atoms with Crippen molar-refractivity contribution in [3.05, 3.63) is 84.9 Å². The van der Waals surface area contributed by atoms with Crippen LogP contribution in [0.2, 0.25) is 0 Å². The Morgan fingerprint density at radius 1 is 0.286 bits per heavy atom. The van der Waals surface area contributed by atoms with Gasteiger partial charge in [0.05, 0.1) is 0 Å². The minimum Gasteiger partial charge on any atom is -0.0776 e. The van der Waals surface area contributed by atoms with Crippen LogP contribution in [0.1, 0.15) is 84.1 Å². The lowest BCUT2D eigenvalue weighted by Crippen LogP contribution is -1.67. The summed E-state index contributed by atoms with van der Waals surface area (Å²) in [5.74, 6) is 0. The van der Waals surface area contributed by atoms with Crippen molar-refractivity contribution in [3.8, 4) is 0 Å². The Morgan fingerprint density at radius 2 is 0.429 bits per heavy atom. The Balaban J connectivity index is -0.0000000592. The lowest BCUT2D eigenvalue weighted by atomic mass is 10.1. The summed E-state index contributed by atoms with van der Waals surface area (Å²) in [6.45, 7) is 20.0. The quantitative estimate of drug-likeness (QED) is 0.359. The first-order chi connectivity index (χ1) is 13.0. The second-order valence-electron chi connectivity index (χ2n) is 3.50. The molecule has 0 aliphatic rings. The highest BCUT2D eigenvalue weighted by atomic mass is 13.9. The Kier molecular flexibility index (Phi) is 64.3. The predicted octanol–water partition coefficient (Wildman–Crippen LogP) is 10.9. The van der Waals surface area contributed by atoms with Gasteiger partial charge in [0.15, 0.2) is 0 Å². The van der Waals surface area contributed by atoms with Gasteiger partial charge in [0.2, 0.25) is 0 Å². The Bertz CT molecular complexity index is 434. The zero-order valence-electron chi connectivity index (χ0n) is 19.1. The summed E-state index contributed by atoms with van der Waals surface area (Å²) >= 11 is 0. The molecule has 0 spiro atoms. The highest BCUT2D eigenvalue weighted by Crippen LogP contribution is 2.11. The average molecular weight is 389 g/mol. The molecule has 0 unspecified atom stereocenters. The lowest BCUT2D eigenvalue weighted by Gasteiger charge is -1.92. The molecule has 0 heterocycles. The second-order valence-corrected chi connectivity index (χ2v) is 3.50. The normalized spacial score (nSPS) is 6.36.